The minimum atomic E-state index is -3.97. The number of benzene rings is 1. The van der Waals surface area contributed by atoms with Crippen molar-refractivity contribution in [2.45, 2.75) is 31.0 Å². The summed E-state index contributed by atoms with van der Waals surface area (Å²) in [6.45, 7) is 3.26. The first-order valence-corrected chi connectivity index (χ1v) is 13.5. The van der Waals surface area contributed by atoms with Gasteiger partial charge < -0.3 is 23.4 Å². The summed E-state index contributed by atoms with van der Waals surface area (Å²) in [5, 5.41) is 18.5. The van der Waals surface area contributed by atoms with Crippen LogP contribution in [0.1, 0.15) is 30.3 Å². The Hall–Kier alpha value is -4.16. The van der Waals surface area contributed by atoms with E-state index >= 15 is 0 Å². The van der Waals surface area contributed by atoms with Gasteiger partial charge in [0.05, 0.1) is 25.2 Å². The van der Waals surface area contributed by atoms with Crippen LogP contribution >= 0.6 is 0 Å². The Morgan fingerprint density at radius 1 is 1.03 bits per heavy atom. The van der Waals surface area contributed by atoms with Crippen molar-refractivity contribution in [1.82, 2.24) is 24.1 Å². The molecule has 0 bridgehead atoms. The lowest BCUT2D eigenvalue weighted by Crippen LogP contribution is -2.29. The van der Waals surface area contributed by atoms with Gasteiger partial charge in [0.25, 0.3) is 0 Å². The van der Waals surface area contributed by atoms with Crippen LogP contribution in [-0.4, -0.2) is 57.1 Å². The third-order valence-corrected chi connectivity index (χ3v) is 8.47. The van der Waals surface area contributed by atoms with Gasteiger partial charge in [0.2, 0.25) is 5.82 Å². The number of hydrogen-bond acceptors (Lipinski definition) is 9. The molecule has 4 heterocycles. The quantitative estimate of drug-likeness (QED) is 0.300. The lowest BCUT2D eigenvalue weighted by molar-refractivity contribution is 0.169. The molecule has 0 saturated heterocycles. The topological polar surface area (TPSA) is 134 Å². The number of sulfone groups is 1. The number of ether oxygens (including phenoxy) is 2. The minimum Gasteiger partial charge on any atom is -0.494 e. The first-order chi connectivity index (χ1) is 18.2. The molecule has 0 saturated carbocycles. The van der Waals surface area contributed by atoms with Gasteiger partial charge in [0.15, 0.2) is 21.4 Å². The second kappa shape index (κ2) is 9.95. The molecule has 38 heavy (non-hydrogen) atoms. The number of aryl methyl sites for hydroxylation is 1. The largest absolute Gasteiger partial charge is 0.494 e. The van der Waals surface area contributed by atoms with E-state index in [0.717, 1.165) is 0 Å². The van der Waals surface area contributed by atoms with Crippen LogP contribution in [0, 0.1) is 6.92 Å². The summed E-state index contributed by atoms with van der Waals surface area (Å²) in [5.74, 6) is 1.77. The fraction of sp³-hybridized carbons (Fsp3) is 0.269. The highest BCUT2D eigenvalue weighted by atomic mass is 32.2. The zero-order valence-corrected chi connectivity index (χ0v) is 22.1. The van der Waals surface area contributed by atoms with Crippen molar-refractivity contribution in [3.8, 4) is 28.8 Å². The summed E-state index contributed by atoms with van der Waals surface area (Å²) in [6, 6.07) is 13.9. The van der Waals surface area contributed by atoms with Crippen molar-refractivity contribution in [3.63, 3.8) is 0 Å². The number of furan rings is 1. The van der Waals surface area contributed by atoms with Gasteiger partial charge in [-0.25, -0.2) is 13.4 Å². The molecule has 198 valence electrons. The molecule has 11 nitrogen and oxygen atoms in total. The number of fused-ring (bicyclic) bond motifs is 1. The van der Waals surface area contributed by atoms with Crippen LogP contribution in [0.15, 0.2) is 65.3 Å². The van der Waals surface area contributed by atoms with E-state index in [2.05, 4.69) is 15.2 Å². The van der Waals surface area contributed by atoms with E-state index in [1.807, 2.05) is 0 Å². The maximum atomic E-state index is 13.7. The molecule has 5 rings (SSSR count). The molecule has 0 aliphatic carbocycles. The van der Waals surface area contributed by atoms with Crippen LogP contribution in [0.2, 0.25) is 0 Å². The Bertz CT molecular complexity index is 1680. The molecule has 0 fully saturated rings. The number of aliphatic hydroxyl groups is 1. The van der Waals surface area contributed by atoms with Crippen LogP contribution in [0.25, 0.3) is 22.9 Å². The van der Waals surface area contributed by atoms with Gasteiger partial charge in [-0.1, -0.05) is 12.1 Å². The molecular weight excluding hydrogens is 510 g/mol. The Morgan fingerprint density at radius 3 is 2.39 bits per heavy atom. The Morgan fingerprint density at radius 2 is 1.74 bits per heavy atom. The molecule has 0 unspecified atom stereocenters. The number of imidazole rings is 1. The standard InChI is InChI=1S/C26H27N5O6S/c1-16-11-12-21(37-16)26-29-28-23(31(26)24-19(35-3)8-6-9-20(24)36-4)15-38(33,34)17(2)25(32)18-7-5-10-22-27-13-14-30(18)22/h5-14,17,25,32H,15H2,1-4H3/t17-,25-/m1/s1. The zero-order valence-electron chi connectivity index (χ0n) is 21.3. The SMILES string of the molecule is COc1cccc(OC)c1-n1c(CS(=O)(=O)[C@H](C)[C@@H](O)c2cccc3nccn23)nnc1-c1ccc(C)o1. The van der Waals surface area contributed by atoms with Crippen molar-refractivity contribution in [3.05, 3.63) is 78.2 Å². The Labute approximate surface area is 219 Å². The van der Waals surface area contributed by atoms with E-state index in [1.54, 1.807) is 76.8 Å². The maximum Gasteiger partial charge on any atom is 0.204 e. The number of aliphatic hydroxyl groups excluding tert-OH is 1. The van der Waals surface area contributed by atoms with Crippen LogP contribution < -0.4 is 9.47 Å². The lowest BCUT2D eigenvalue weighted by Gasteiger charge is -2.21. The molecule has 0 amide bonds. The van der Waals surface area contributed by atoms with Gasteiger partial charge >= 0.3 is 0 Å². The smallest absolute Gasteiger partial charge is 0.204 e. The van der Waals surface area contributed by atoms with Crippen LogP contribution in [0.5, 0.6) is 11.5 Å². The summed E-state index contributed by atoms with van der Waals surface area (Å²) < 4.78 is 47.5. The fourth-order valence-electron chi connectivity index (χ4n) is 4.37. The third kappa shape index (κ3) is 4.41. The van der Waals surface area contributed by atoms with Gasteiger partial charge in [0.1, 0.15) is 40.5 Å². The van der Waals surface area contributed by atoms with Gasteiger partial charge in [-0.2, -0.15) is 0 Å². The van der Waals surface area contributed by atoms with Crippen molar-refractivity contribution in [2.24, 2.45) is 0 Å². The molecule has 5 aromatic rings. The molecular formula is C26H27N5O6S. The average Bonchev–Trinajstić information content (AvgIpc) is 3.66. The zero-order chi connectivity index (χ0) is 27.0. The number of hydrogen-bond donors (Lipinski definition) is 1. The van der Waals surface area contributed by atoms with Gasteiger partial charge in [0, 0.05) is 12.4 Å². The summed E-state index contributed by atoms with van der Waals surface area (Å²) in [4.78, 5) is 4.21. The summed E-state index contributed by atoms with van der Waals surface area (Å²) in [5.41, 5.74) is 1.44. The number of para-hydroxylation sites is 1. The highest BCUT2D eigenvalue weighted by Crippen LogP contribution is 2.37. The molecule has 4 aromatic heterocycles. The minimum absolute atomic E-state index is 0.108. The van der Waals surface area contributed by atoms with Gasteiger partial charge in [-0.05, 0) is 50.2 Å². The maximum absolute atomic E-state index is 13.7. The highest BCUT2D eigenvalue weighted by Gasteiger charge is 2.34. The molecule has 0 aliphatic rings. The number of pyridine rings is 1. The fourth-order valence-corrected chi connectivity index (χ4v) is 5.71. The number of nitrogens with zero attached hydrogens (tertiary/aromatic N) is 5. The normalized spacial score (nSPS) is 13.5. The molecule has 12 heteroatoms. The first kappa shape index (κ1) is 25.5. The van der Waals surface area contributed by atoms with Crippen molar-refractivity contribution in [2.75, 3.05) is 14.2 Å². The molecule has 1 aromatic carbocycles. The van der Waals surface area contributed by atoms with Crippen LogP contribution in [0.3, 0.4) is 0 Å². The van der Waals surface area contributed by atoms with Crippen molar-refractivity contribution in [1.29, 1.82) is 0 Å². The van der Waals surface area contributed by atoms with E-state index in [4.69, 9.17) is 13.9 Å². The Kier molecular flexibility index (Phi) is 6.67. The molecule has 0 aliphatic heterocycles. The number of methoxy groups -OCH3 is 2. The Balaban J connectivity index is 1.60. The van der Waals surface area contributed by atoms with Gasteiger partial charge in [-0.15, -0.1) is 10.2 Å². The van der Waals surface area contributed by atoms with Crippen molar-refractivity contribution >= 4 is 15.5 Å². The monoisotopic (exact) mass is 537 g/mol. The predicted octanol–water partition coefficient (Wildman–Crippen LogP) is 3.54. The average molecular weight is 538 g/mol. The molecule has 0 spiro atoms. The van der Waals surface area contributed by atoms with Crippen molar-refractivity contribution < 1.29 is 27.4 Å². The second-order valence-electron chi connectivity index (χ2n) is 8.76. The van der Waals surface area contributed by atoms with E-state index in [9.17, 15) is 13.5 Å². The van der Waals surface area contributed by atoms with Crippen LogP contribution in [-0.2, 0) is 15.6 Å². The number of rotatable bonds is 9. The van der Waals surface area contributed by atoms with E-state index in [0.29, 0.717) is 40.0 Å². The van der Waals surface area contributed by atoms with Crippen LogP contribution in [0.4, 0.5) is 0 Å². The van der Waals surface area contributed by atoms with E-state index in [-0.39, 0.29) is 11.6 Å². The number of aromatic nitrogens is 5. The highest BCUT2D eigenvalue weighted by molar-refractivity contribution is 7.91. The predicted molar refractivity (Wildman–Crippen MR) is 139 cm³/mol. The van der Waals surface area contributed by atoms with E-state index in [1.165, 1.54) is 21.1 Å². The third-order valence-electron chi connectivity index (χ3n) is 6.42. The molecule has 2 atom stereocenters. The summed E-state index contributed by atoms with van der Waals surface area (Å²) >= 11 is 0. The van der Waals surface area contributed by atoms with E-state index < -0.39 is 26.9 Å². The molecule has 1 N–H and O–H groups in total. The first-order valence-electron chi connectivity index (χ1n) is 11.8. The summed E-state index contributed by atoms with van der Waals surface area (Å²) in [6.07, 6.45) is 1.95. The molecule has 0 radical (unpaired) electrons. The van der Waals surface area contributed by atoms with Gasteiger partial charge in [-0.3, -0.25) is 4.57 Å². The summed E-state index contributed by atoms with van der Waals surface area (Å²) in [7, 11) is -0.955. The lowest BCUT2D eigenvalue weighted by atomic mass is 10.2. The second-order valence-corrected chi connectivity index (χ2v) is 11.1.